The highest BCUT2D eigenvalue weighted by Crippen LogP contribution is 2.28. The lowest BCUT2D eigenvalue weighted by molar-refractivity contribution is -0.159. The Morgan fingerprint density at radius 3 is 2.92 bits per heavy atom. The predicted octanol–water partition coefficient (Wildman–Crippen LogP) is 1.30. The highest BCUT2D eigenvalue weighted by atomic mass is 16.7. The van der Waals surface area contributed by atoms with Gasteiger partial charge in [-0.2, -0.15) is 0 Å². The van der Waals surface area contributed by atoms with E-state index in [9.17, 15) is 0 Å². The van der Waals surface area contributed by atoms with Crippen LogP contribution < -0.4 is 0 Å². The first-order chi connectivity index (χ1) is 5.70. The second kappa shape index (κ2) is 4.21. The summed E-state index contributed by atoms with van der Waals surface area (Å²) in [5, 5.41) is 8.69. The van der Waals surface area contributed by atoms with Crippen LogP contribution in [-0.2, 0) is 9.47 Å². The molecule has 0 radical (unpaired) electrons. The van der Waals surface area contributed by atoms with Crippen LogP contribution in [-0.4, -0.2) is 30.2 Å². The largest absolute Gasteiger partial charge is 0.396 e. The van der Waals surface area contributed by atoms with Gasteiger partial charge in [-0.25, -0.2) is 0 Å². The Morgan fingerprint density at radius 2 is 2.33 bits per heavy atom. The van der Waals surface area contributed by atoms with Gasteiger partial charge in [-0.1, -0.05) is 13.3 Å². The van der Waals surface area contributed by atoms with E-state index in [0.29, 0.717) is 13.0 Å². The third-order valence-corrected chi connectivity index (χ3v) is 2.15. The summed E-state index contributed by atoms with van der Waals surface area (Å²) in [6.45, 7) is 4.87. The lowest BCUT2D eigenvalue weighted by Gasteiger charge is -2.22. The standard InChI is InChI=1S/C9H18O3/c1-3-5-9(2)11-7-8(12-9)4-6-10/h8,10H,3-7H2,1-2H3. The van der Waals surface area contributed by atoms with Crippen molar-refractivity contribution in [3.63, 3.8) is 0 Å². The van der Waals surface area contributed by atoms with Gasteiger partial charge in [-0.05, 0) is 13.3 Å². The average Bonchev–Trinajstić information content (AvgIpc) is 2.34. The zero-order valence-corrected chi connectivity index (χ0v) is 7.88. The molecule has 0 aromatic rings. The molecule has 2 atom stereocenters. The first kappa shape index (κ1) is 9.96. The van der Waals surface area contributed by atoms with Crippen molar-refractivity contribution < 1.29 is 14.6 Å². The molecule has 12 heavy (non-hydrogen) atoms. The summed E-state index contributed by atoms with van der Waals surface area (Å²) < 4.78 is 11.2. The second-order valence-corrected chi connectivity index (χ2v) is 3.45. The number of ether oxygens (including phenoxy) is 2. The van der Waals surface area contributed by atoms with Crippen molar-refractivity contribution in [1.82, 2.24) is 0 Å². The molecule has 1 aliphatic heterocycles. The molecule has 3 heteroatoms. The molecule has 3 nitrogen and oxygen atoms in total. The van der Waals surface area contributed by atoms with Gasteiger partial charge in [0.05, 0.1) is 12.7 Å². The lowest BCUT2D eigenvalue weighted by atomic mass is 10.2. The summed E-state index contributed by atoms with van der Waals surface area (Å²) in [6.07, 6.45) is 2.75. The zero-order valence-electron chi connectivity index (χ0n) is 7.88. The lowest BCUT2D eigenvalue weighted by Crippen LogP contribution is -2.26. The summed E-state index contributed by atoms with van der Waals surface area (Å²) in [5.41, 5.74) is 0. The highest BCUT2D eigenvalue weighted by molar-refractivity contribution is 4.74. The van der Waals surface area contributed by atoms with Gasteiger partial charge in [0.1, 0.15) is 0 Å². The number of aliphatic hydroxyl groups excluding tert-OH is 1. The van der Waals surface area contributed by atoms with E-state index in [1.807, 2.05) is 6.92 Å². The molecule has 1 fully saturated rings. The van der Waals surface area contributed by atoms with Crippen LogP contribution in [0, 0.1) is 0 Å². The molecule has 72 valence electrons. The number of aliphatic hydroxyl groups is 1. The van der Waals surface area contributed by atoms with Gasteiger partial charge >= 0.3 is 0 Å². The minimum absolute atomic E-state index is 0.0894. The van der Waals surface area contributed by atoms with Crippen molar-refractivity contribution in [2.75, 3.05) is 13.2 Å². The molecule has 0 aromatic carbocycles. The van der Waals surface area contributed by atoms with E-state index in [-0.39, 0.29) is 12.7 Å². The summed E-state index contributed by atoms with van der Waals surface area (Å²) in [4.78, 5) is 0. The van der Waals surface area contributed by atoms with Crippen molar-refractivity contribution in [3.05, 3.63) is 0 Å². The van der Waals surface area contributed by atoms with Crippen molar-refractivity contribution >= 4 is 0 Å². The smallest absolute Gasteiger partial charge is 0.166 e. The Kier molecular flexibility index (Phi) is 3.50. The Bertz CT molecular complexity index is 138. The number of rotatable bonds is 4. The van der Waals surface area contributed by atoms with Crippen LogP contribution in [0.2, 0.25) is 0 Å². The zero-order chi connectivity index (χ0) is 9.03. The van der Waals surface area contributed by atoms with Crippen molar-refractivity contribution in [2.24, 2.45) is 0 Å². The third-order valence-electron chi connectivity index (χ3n) is 2.15. The maximum Gasteiger partial charge on any atom is 0.166 e. The van der Waals surface area contributed by atoms with E-state index < -0.39 is 5.79 Å². The Hall–Kier alpha value is -0.120. The van der Waals surface area contributed by atoms with Crippen molar-refractivity contribution in [1.29, 1.82) is 0 Å². The van der Waals surface area contributed by atoms with Gasteiger partial charge in [0.15, 0.2) is 5.79 Å². The highest BCUT2D eigenvalue weighted by Gasteiger charge is 2.35. The molecule has 0 amide bonds. The van der Waals surface area contributed by atoms with Gasteiger partial charge in [0.2, 0.25) is 0 Å². The first-order valence-electron chi connectivity index (χ1n) is 4.63. The fourth-order valence-corrected chi connectivity index (χ4v) is 1.56. The van der Waals surface area contributed by atoms with Gasteiger partial charge in [-0.15, -0.1) is 0 Å². The predicted molar refractivity (Wildman–Crippen MR) is 45.8 cm³/mol. The van der Waals surface area contributed by atoms with Gasteiger partial charge in [0, 0.05) is 13.0 Å². The normalized spacial score (nSPS) is 35.8. The molecule has 1 rings (SSSR count). The second-order valence-electron chi connectivity index (χ2n) is 3.45. The Morgan fingerprint density at radius 1 is 1.58 bits per heavy atom. The Labute approximate surface area is 73.7 Å². The quantitative estimate of drug-likeness (QED) is 0.698. The topological polar surface area (TPSA) is 38.7 Å². The minimum atomic E-state index is -0.394. The summed E-state index contributed by atoms with van der Waals surface area (Å²) in [7, 11) is 0. The molecule has 1 saturated heterocycles. The SMILES string of the molecule is CCCC1(C)OCC(CCO)O1. The maximum atomic E-state index is 8.69. The van der Waals surface area contributed by atoms with Gasteiger partial charge in [0.25, 0.3) is 0 Å². The molecule has 0 aromatic heterocycles. The van der Waals surface area contributed by atoms with Crippen LogP contribution in [0.4, 0.5) is 0 Å². The maximum absolute atomic E-state index is 8.69. The Balaban J connectivity index is 2.32. The molecule has 1 aliphatic rings. The van der Waals surface area contributed by atoms with E-state index >= 15 is 0 Å². The van der Waals surface area contributed by atoms with Crippen LogP contribution in [0.5, 0.6) is 0 Å². The monoisotopic (exact) mass is 174 g/mol. The fraction of sp³-hybridized carbons (Fsp3) is 1.00. The van der Waals surface area contributed by atoms with Crippen LogP contribution in [0.1, 0.15) is 33.1 Å². The van der Waals surface area contributed by atoms with E-state index in [0.717, 1.165) is 12.8 Å². The molecule has 2 unspecified atom stereocenters. The van der Waals surface area contributed by atoms with Crippen LogP contribution in [0.25, 0.3) is 0 Å². The summed E-state index contributed by atoms with van der Waals surface area (Å²) in [6, 6.07) is 0. The molecular weight excluding hydrogens is 156 g/mol. The number of hydrogen-bond donors (Lipinski definition) is 1. The average molecular weight is 174 g/mol. The van der Waals surface area contributed by atoms with E-state index in [1.165, 1.54) is 0 Å². The summed E-state index contributed by atoms with van der Waals surface area (Å²) in [5.74, 6) is -0.394. The van der Waals surface area contributed by atoms with Gasteiger partial charge < -0.3 is 14.6 Å². The van der Waals surface area contributed by atoms with Crippen LogP contribution >= 0.6 is 0 Å². The molecule has 0 aliphatic carbocycles. The van der Waals surface area contributed by atoms with Crippen LogP contribution in [0.3, 0.4) is 0 Å². The molecule has 1 heterocycles. The molecule has 0 saturated carbocycles. The first-order valence-corrected chi connectivity index (χ1v) is 4.63. The van der Waals surface area contributed by atoms with E-state index in [4.69, 9.17) is 14.6 Å². The van der Waals surface area contributed by atoms with Gasteiger partial charge in [-0.3, -0.25) is 0 Å². The number of hydrogen-bond acceptors (Lipinski definition) is 3. The van der Waals surface area contributed by atoms with E-state index in [2.05, 4.69) is 6.92 Å². The fourth-order valence-electron chi connectivity index (χ4n) is 1.56. The molecule has 0 bridgehead atoms. The van der Waals surface area contributed by atoms with Crippen LogP contribution in [0.15, 0.2) is 0 Å². The van der Waals surface area contributed by atoms with E-state index in [1.54, 1.807) is 0 Å². The summed E-state index contributed by atoms with van der Waals surface area (Å²) >= 11 is 0. The molecule has 0 spiro atoms. The van der Waals surface area contributed by atoms with Crippen molar-refractivity contribution in [2.45, 2.75) is 45.0 Å². The van der Waals surface area contributed by atoms with Crippen molar-refractivity contribution in [3.8, 4) is 0 Å². The third kappa shape index (κ3) is 2.44. The minimum Gasteiger partial charge on any atom is -0.396 e. The molecule has 1 N–H and O–H groups in total. The molecular formula is C9H18O3.